The van der Waals surface area contributed by atoms with E-state index in [4.69, 9.17) is 16.0 Å². The van der Waals surface area contributed by atoms with Gasteiger partial charge in [0.15, 0.2) is 0 Å². The number of carbonyl (C=O) groups is 1. The second-order valence-corrected chi connectivity index (χ2v) is 12.1. The number of aryl methyl sites for hydroxylation is 1. The third-order valence-corrected chi connectivity index (χ3v) is 8.52. The molecule has 3 aromatic heterocycles. The van der Waals surface area contributed by atoms with Crippen LogP contribution in [-0.2, 0) is 23.1 Å². The number of halogens is 2. The van der Waals surface area contributed by atoms with Gasteiger partial charge in [-0.3, -0.25) is 9.20 Å². The summed E-state index contributed by atoms with van der Waals surface area (Å²) in [6.45, 7) is 1.87. The summed E-state index contributed by atoms with van der Waals surface area (Å²) in [5, 5.41) is 4.46. The van der Waals surface area contributed by atoms with Gasteiger partial charge in [0.25, 0.3) is 5.91 Å². The Labute approximate surface area is 244 Å². The maximum Gasteiger partial charge on any atom is 0.290 e. The number of sulfonamides is 1. The lowest BCUT2D eigenvalue weighted by Crippen LogP contribution is -2.30. The molecule has 1 amide bonds. The lowest BCUT2D eigenvalue weighted by atomic mass is 10.2. The van der Waals surface area contributed by atoms with Gasteiger partial charge in [-0.05, 0) is 76.9 Å². The number of imidazole rings is 1. The SMILES string of the molecule is Cc1nc2ccc(Br)cn2c1C(=O)N/N=C/c1ccc(CN(Cc2ccccc2)S(=O)(=O)c2ccc(Cl)cc2)o1. The van der Waals surface area contributed by atoms with Crippen LogP contribution < -0.4 is 5.43 Å². The summed E-state index contributed by atoms with van der Waals surface area (Å²) < 4.78 is 36.7. The number of fused-ring (bicyclic) bond motifs is 1. The van der Waals surface area contributed by atoms with Crippen molar-refractivity contribution in [2.75, 3.05) is 0 Å². The Balaban J connectivity index is 1.32. The predicted molar refractivity (Wildman–Crippen MR) is 156 cm³/mol. The van der Waals surface area contributed by atoms with E-state index in [0.29, 0.717) is 33.6 Å². The van der Waals surface area contributed by atoms with Crippen molar-refractivity contribution in [3.8, 4) is 0 Å². The molecule has 5 aromatic rings. The smallest absolute Gasteiger partial charge is 0.290 e. The number of hydrogen-bond acceptors (Lipinski definition) is 6. The number of hydrazone groups is 1. The summed E-state index contributed by atoms with van der Waals surface area (Å²) in [7, 11) is -3.87. The van der Waals surface area contributed by atoms with E-state index in [2.05, 4.69) is 31.4 Å². The molecular formula is C28H23BrClN5O4S. The van der Waals surface area contributed by atoms with Crippen LogP contribution in [0, 0.1) is 6.92 Å². The number of nitrogens with zero attached hydrogens (tertiary/aromatic N) is 4. The van der Waals surface area contributed by atoms with E-state index < -0.39 is 15.9 Å². The highest BCUT2D eigenvalue weighted by Gasteiger charge is 2.26. The molecular weight excluding hydrogens is 618 g/mol. The number of rotatable bonds is 9. The highest BCUT2D eigenvalue weighted by molar-refractivity contribution is 9.10. The van der Waals surface area contributed by atoms with Crippen molar-refractivity contribution in [2.24, 2.45) is 5.10 Å². The molecule has 204 valence electrons. The van der Waals surface area contributed by atoms with Crippen molar-refractivity contribution in [1.82, 2.24) is 19.1 Å². The van der Waals surface area contributed by atoms with E-state index in [1.165, 1.54) is 34.8 Å². The molecule has 2 aromatic carbocycles. The second kappa shape index (κ2) is 11.8. The molecule has 0 aliphatic rings. The Kier molecular flexibility index (Phi) is 8.17. The molecule has 0 unspecified atom stereocenters. The average molecular weight is 641 g/mol. The minimum absolute atomic E-state index is 0.0179. The van der Waals surface area contributed by atoms with E-state index in [-0.39, 0.29) is 18.0 Å². The molecule has 40 heavy (non-hydrogen) atoms. The first-order valence-corrected chi connectivity index (χ1v) is 14.7. The topological polar surface area (TPSA) is 109 Å². The maximum atomic E-state index is 13.5. The summed E-state index contributed by atoms with van der Waals surface area (Å²) >= 11 is 9.37. The van der Waals surface area contributed by atoms with Crippen molar-refractivity contribution >= 4 is 55.3 Å². The Morgan fingerprint density at radius 3 is 2.58 bits per heavy atom. The van der Waals surface area contributed by atoms with Crippen molar-refractivity contribution < 1.29 is 17.6 Å². The van der Waals surface area contributed by atoms with Gasteiger partial charge >= 0.3 is 0 Å². The fourth-order valence-electron chi connectivity index (χ4n) is 4.11. The maximum absolute atomic E-state index is 13.5. The third kappa shape index (κ3) is 6.18. The molecule has 0 spiro atoms. The van der Waals surface area contributed by atoms with Crippen molar-refractivity contribution in [1.29, 1.82) is 0 Å². The summed E-state index contributed by atoms with van der Waals surface area (Å²) in [4.78, 5) is 17.3. The Bertz CT molecular complexity index is 1800. The average Bonchev–Trinajstić information content (AvgIpc) is 3.51. The first-order chi connectivity index (χ1) is 19.2. The highest BCUT2D eigenvalue weighted by Crippen LogP contribution is 2.23. The molecule has 0 saturated heterocycles. The van der Waals surface area contributed by atoms with Crippen LogP contribution in [0.25, 0.3) is 5.65 Å². The van der Waals surface area contributed by atoms with Crippen LogP contribution in [0.2, 0.25) is 5.02 Å². The minimum Gasteiger partial charge on any atom is -0.459 e. The van der Waals surface area contributed by atoms with Gasteiger partial charge in [-0.25, -0.2) is 18.8 Å². The third-order valence-electron chi connectivity index (χ3n) is 6.00. The molecule has 0 bridgehead atoms. The summed E-state index contributed by atoms with van der Waals surface area (Å²) in [5.41, 5.74) is 4.88. The van der Waals surface area contributed by atoms with Gasteiger partial charge in [0.2, 0.25) is 10.0 Å². The van der Waals surface area contributed by atoms with Crippen LogP contribution in [0.3, 0.4) is 0 Å². The van der Waals surface area contributed by atoms with Crippen molar-refractivity contribution in [3.05, 3.63) is 123 Å². The fourth-order valence-corrected chi connectivity index (χ4v) is 5.97. The van der Waals surface area contributed by atoms with Crippen LogP contribution in [0.4, 0.5) is 0 Å². The fraction of sp³-hybridized carbons (Fsp3) is 0.107. The number of carbonyl (C=O) groups excluding carboxylic acids is 1. The molecule has 12 heteroatoms. The molecule has 3 heterocycles. The number of benzene rings is 2. The van der Waals surface area contributed by atoms with Crippen LogP contribution in [0.5, 0.6) is 0 Å². The first kappa shape index (κ1) is 27.8. The van der Waals surface area contributed by atoms with E-state index in [9.17, 15) is 13.2 Å². The van der Waals surface area contributed by atoms with Crippen LogP contribution in [0.1, 0.15) is 33.3 Å². The Morgan fingerprint density at radius 2 is 1.82 bits per heavy atom. The lowest BCUT2D eigenvalue weighted by molar-refractivity contribution is 0.0948. The van der Waals surface area contributed by atoms with Gasteiger partial charge in [0.1, 0.15) is 22.9 Å². The van der Waals surface area contributed by atoms with E-state index in [0.717, 1.165) is 10.0 Å². The van der Waals surface area contributed by atoms with Crippen LogP contribution in [0.15, 0.2) is 104 Å². The van der Waals surface area contributed by atoms with Crippen LogP contribution in [-0.4, -0.2) is 34.2 Å². The zero-order chi connectivity index (χ0) is 28.3. The summed E-state index contributed by atoms with van der Waals surface area (Å²) in [6.07, 6.45) is 3.11. The molecule has 0 atom stereocenters. The Hall–Kier alpha value is -3.77. The predicted octanol–water partition coefficient (Wildman–Crippen LogP) is 5.81. The monoisotopic (exact) mass is 639 g/mol. The molecule has 0 saturated carbocycles. The molecule has 1 N–H and O–H groups in total. The molecule has 9 nitrogen and oxygen atoms in total. The number of amides is 1. The number of nitrogens with one attached hydrogen (secondary N) is 1. The standard InChI is InChI=1S/C28H23BrClN5O4S/c1-19-27(35-17-21(29)7-14-26(35)32-19)28(36)33-31-15-23-10-11-24(39-23)18-34(16-20-5-3-2-4-6-20)40(37,38)25-12-8-22(30)9-13-25/h2-15,17H,16,18H2,1H3,(H,33,36)/b31-15+. The van der Waals surface area contributed by atoms with E-state index in [1.807, 2.05) is 36.4 Å². The summed E-state index contributed by atoms with van der Waals surface area (Å²) in [6, 6.07) is 22.3. The van der Waals surface area contributed by atoms with Gasteiger partial charge in [-0.15, -0.1) is 0 Å². The van der Waals surface area contributed by atoms with Gasteiger partial charge in [0, 0.05) is 22.2 Å². The minimum atomic E-state index is -3.87. The number of aromatic nitrogens is 2. The number of pyridine rings is 1. The quantitative estimate of drug-likeness (QED) is 0.162. The van der Waals surface area contributed by atoms with Gasteiger partial charge in [-0.1, -0.05) is 41.9 Å². The lowest BCUT2D eigenvalue weighted by Gasteiger charge is -2.21. The summed E-state index contributed by atoms with van der Waals surface area (Å²) in [5.74, 6) is 0.314. The Morgan fingerprint density at radius 1 is 1.07 bits per heavy atom. The largest absolute Gasteiger partial charge is 0.459 e. The second-order valence-electron chi connectivity index (χ2n) is 8.84. The molecule has 0 fully saturated rings. The molecule has 0 radical (unpaired) electrons. The zero-order valence-corrected chi connectivity index (χ0v) is 24.3. The first-order valence-electron chi connectivity index (χ1n) is 12.1. The molecule has 0 aliphatic heterocycles. The molecule has 0 aliphatic carbocycles. The van der Waals surface area contributed by atoms with Crippen molar-refractivity contribution in [3.63, 3.8) is 0 Å². The van der Waals surface area contributed by atoms with Gasteiger partial charge in [0.05, 0.1) is 23.3 Å². The highest BCUT2D eigenvalue weighted by atomic mass is 79.9. The number of furan rings is 1. The molecule has 5 rings (SSSR count). The van der Waals surface area contributed by atoms with Gasteiger partial charge < -0.3 is 4.42 Å². The van der Waals surface area contributed by atoms with Gasteiger partial charge in [-0.2, -0.15) is 9.41 Å². The van der Waals surface area contributed by atoms with Crippen LogP contribution >= 0.6 is 27.5 Å². The van der Waals surface area contributed by atoms with Crippen molar-refractivity contribution in [2.45, 2.75) is 24.9 Å². The number of hydrogen-bond donors (Lipinski definition) is 1. The van der Waals surface area contributed by atoms with E-state index >= 15 is 0 Å². The normalized spacial score (nSPS) is 12.0. The zero-order valence-electron chi connectivity index (χ0n) is 21.2. The van der Waals surface area contributed by atoms with E-state index in [1.54, 1.807) is 35.7 Å².